The number of carbonyl (C=O) groups is 3. The number of halogens is 4. The topological polar surface area (TPSA) is 124 Å². The van der Waals surface area contributed by atoms with Gasteiger partial charge in [-0.1, -0.05) is 60.7 Å². The minimum Gasteiger partial charge on any atom is -0.444 e. The maximum Gasteiger partial charge on any atom is 0.408 e. The van der Waals surface area contributed by atoms with Crippen molar-refractivity contribution in [3.05, 3.63) is 180 Å². The van der Waals surface area contributed by atoms with Gasteiger partial charge >= 0.3 is 6.09 Å². The Labute approximate surface area is 340 Å². The fourth-order valence-electron chi connectivity index (χ4n) is 6.10. The first-order valence-electron chi connectivity index (χ1n) is 18.8. The highest BCUT2D eigenvalue weighted by atomic mass is 19.2. The molecule has 0 unspecified atom stereocenters. The second kappa shape index (κ2) is 20.2. The Bertz CT molecular complexity index is 2370. The van der Waals surface area contributed by atoms with Gasteiger partial charge in [0.1, 0.15) is 5.60 Å². The predicted octanol–water partition coefficient (Wildman–Crippen LogP) is 8.98. The molecule has 0 bridgehead atoms. The van der Waals surface area contributed by atoms with Crippen molar-refractivity contribution in [3.63, 3.8) is 0 Å². The number of benzene rings is 4. The van der Waals surface area contributed by atoms with Gasteiger partial charge in [-0.3, -0.25) is 19.6 Å². The smallest absolute Gasteiger partial charge is 0.408 e. The van der Waals surface area contributed by atoms with Crippen molar-refractivity contribution in [3.8, 4) is 22.3 Å². The molecule has 2 heterocycles. The molecule has 0 aliphatic carbocycles. The normalized spacial score (nSPS) is 12.1. The number of amides is 1. The minimum absolute atomic E-state index is 0.000673. The number of carbonyl (C=O) groups excluding carboxylic acids is 3. The average Bonchev–Trinajstić information content (AvgIpc) is 3.21. The number of Topliss-reactive ketones (excluding diaryl/α,β-unsaturated/α-hetero) is 2. The number of nitrogens with one attached hydrogen (secondary N) is 1. The van der Waals surface area contributed by atoms with Crippen LogP contribution < -0.4 is 11.1 Å². The van der Waals surface area contributed by atoms with Gasteiger partial charge < -0.3 is 15.8 Å². The van der Waals surface area contributed by atoms with Crippen molar-refractivity contribution in [1.29, 1.82) is 0 Å². The van der Waals surface area contributed by atoms with Gasteiger partial charge in [0.2, 0.25) is 0 Å². The first-order valence-corrected chi connectivity index (χ1v) is 18.8. The lowest BCUT2D eigenvalue weighted by molar-refractivity contribution is -0.120. The largest absolute Gasteiger partial charge is 0.444 e. The molecule has 6 aromatic rings. The molecular weight excluding hydrogens is 761 g/mol. The van der Waals surface area contributed by atoms with Gasteiger partial charge in [-0.15, -0.1) is 0 Å². The Balaban J connectivity index is 0.000000230. The minimum atomic E-state index is -1.01. The standard InChI is InChI=1S/C26H26F2N2O3.C21H18F2N2O/c1-26(2,3)33-25(32)30-23(15-18-7-8-21(27)22(28)14-18)24(31)16-17-5-4-6-20(13-17)19-9-11-29-12-10-19;22-18-5-4-15(11-19(18)23)12-20(24)21(26)13-14-2-1-3-17(10-14)16-6-8-25-9-7-16/h4-14,23H,15-16H2,1-3H3,(H,30,32);1-11,20H,12-13,24H2/t23-;20-/m00/s1. The first-order chi connectivity index (χ1) is 28.1. The molecular formula is C47H44F4N4O4. The van der Waals surface area contributed by atoms with Crippen molar-refractivity contribution in [2.75, 3.05) is 0 Å². The number of ether oxygens (including phenoxy) is 1. The van der Waals surface area contributed by atoms with Crippen LogP contribution in [0.2, 0.25) is 0 Å². The SMILES string of the molecule is CC(C)(C)OC(=O)N[C@@H](Cc1ccc(F)c(F)c1)C(=O)Cc1cccc(-c2ccncc2)c1.N[C@@H](Cc1ccc(F)c(F)c1)C(=O)Cc1cccc(-c2ccncc2)c1. The Morgan fingerprint density at radius 3 is 1.49 bits per heavy atom. The molecule has 2 atom stereocenters. The van der Waals surface area contributed by atoms with Crippen LogP contribution in [0.25, 0.3) is 22.3 Å². The van der Waals surface area contributed by atoms with Crippen LogP contribution >= 0.6 is 0 Å². The molecule has 59 heavy (non-hydrogen) atoms. The molecule has 1 amide bonds. The van der Waals surface area contributed by atoms with E-state index in [1.165, 1.54) is 12.1 Å². The van der Waals surface area contributed by atoms with E-state index >= 15 is 0 Å². The first kappa shape index (κ1) is 43.6. The number of alkyl carbamates (subject to hydrolysis) is 1. The molecule has 12 heteroatoms. The van der Waals surface area contributed by atoms with Crippen molar-refractivity contribution in [1.82, 2.24) is 15.3 Å². The number of ketones is 2. The van der Waals surface area contributed by atoms with E-state index in [-0.39, 0.29) is 37.2 Å². The summed E-state index contributed by atoms with van der Waals surface area (Å²) in [5, 5.41) is 2.59. The van der Waals surface area contributed by atoms with Gasteiger partial charge in [-0.2, -0.15) is 0 Å². The maximum atomic E-state index is 13.7. The second-order valence-electron chi connectivity index (χ2n) is 14.9. The highest BCUT2D eigenvalue weighted by Crippen LogP contribution is 2.22. The highest BCUT2D eigenvalue weighted by Gasteiger charge is 2.25. The van der Waals surface area contributed by atoms with Gasteiger partial charge in [0.25, 0.3) is 0 Å². The van der Waals surface area contributed by atoms with Crippen LogP contribution in [0.1, 0.15) is 43.0 Å². The van der Waals surface area contributed by atoms with Gasteiger partial charge in [-0.25, -0.2) is 22.4 Å². The van der Waals surface area contributed by atoms with E-state index in [0.717, 1.165) is 57.6 Å². The van der Waals surface area contributed by atoms with Gasteiger partial charge in [0.15, 0.2) is 34.8 Å². The summed E-state index contributed by atoms with van der Waals surface area (Å²) >= 11 is 0. The van der Waals surface area contributed by atoms with Crippen molar-refractivity contribution < 1.29 is 36.7 Å². The summed E-state index contributed by atoms with van der Waals surface area (Å²) in [6.07, 6.45) is 6.45. The number of hydrogen-bond acceptors (Lipinski definition) is 7. The van der Waals surface area contributed by atoms with E-state index in [2.05, 4.69) is 15.3 Å². The van der Waals surface area contributed by atoms with Crippen LogP contribution in [0.4, 0.5) is 22.4 Å². The fourth-order valence-corrected chi connectivity index (χ4v) is 6.10. The number of hydrogen-bond donors (Lipinski definition) is 2. The second-order valence-corrected chi connectivity index (χ2v) is 14.9. The summed E-state index contributed by atoms with van der Waals surface area (Å²) in [6, 6.07) is 27.9. The molecule has 304 valence electrons. The lowest BCUT2D eigenvalue weighted by Crippen LogP contribution is -2.45. The van der Waals surface area contributed by atoms with E-state index in [9.17, 15) is 31.9 Å². The summed E-state index contributed by atoms with van der Waals surface area (Å²) in [6.45, 7) is 5.13. The lowest BCUT2D eigenvalue weighted by Gasteiger charge is -2.23. The Hall–Kier alpha value is -6.53. The van der Waals surface area contributed by atoms with E-state index in [0.29, 0.717) is 11.1 Å². The van der Waals surface area contributed by atoms with Crippen LogP contribution in [0.5, 0.6) is 0 Å². The molecule has 0 fully saturated rings. The Kier molecular flexibility index (Phi) is 15.0. The maximum absolute atomic E-state index is 13.7. The van der Waals surface area contributed by atoms with Gasteiger partial charge in [0, 0.05) is 37.6 Å². The van der Waals surface area contributed by atoms with E-state index in [1.807, 2.05) is 72.8 Å². The van der Waals surface area contributed by atoms with Crippen LogP contribution in [0, 0.1) is 23.3 Å². The zero-order chi connectivity index (χ0) is 42.5. The summed E-state index contributed by atoms with van der Waals surface area (Å²) in [7, 11) is 0. The summed E-state index contributed by atoms with van der Waals surface area (Å²) < 4.78 is 58.6. The third-order valence-electron chi connectivity index (χ3n) is 8.99. The summed E-state index contributed by atoms with van der Waals surface area (Å²) in [5.74, 6) is -4.27. The Morgan fingerprint density at radius 2 is 1.03 bits per heavy atom. The third-order valence-corrected chi connectivity index (χ3v) is 8.99. The average molecular weight is 805 g/mol. The van der Waals surface area contributed by atoms with E-state index < -0.39 is 47.0 Å². The van der Waals surface area contributed by atoms with Gasteiger partial charge in [0.05, 0.1) is 12.1 Å². The number of nitrogens with two attached hydrogens (primary N) is 1. The zero-order valence-corrected chi connectivity index (χ0v) is 32.8. The molecule has 0 spiro atoms. The molecule has 0 saturated carbocycles. The molecule has 3 N–H and O–H groups in total. The van der Waals surface area contributed by atoms with Crippen LogP contribution in [-0.2, 0) is 40.0 Å². The molecule has 2 aromatic heterocycles. The number of pyridine rings is 2. The number of aromatic nitrogens is 2. The molecule has 0 saturated heterocycles. The molecule has 0 aliphatic rings. The molecule has 0 radical (unpaired) electrons. The lowest BCUT2D eigenvalue weighted by atomic mass is 9.96. The number of rotatable bonds is 13. The molecule has 8 nitrogen and oxygen atoms in total. The zero-order valence-electron chi connectivity index (χ0n) is 32.8. The predicted molar refractivity (Wildman–Crippen MR) is 218 cm³/mol. The van der Waals surface area contributed by atoms with E-state index in [1.54, 1.807) is 45.6 Å². The fraction of sp³-hybridized carbons (Fsp3) is 0.213. The summed E-state index contributed by atoms with van der Waals surface area (Å²) in [5.41, 5.74) is 11.6. The van der Waals surface area contributed by atoms with Crippen molar-refractivity contribution in [2.45, 2.75) is 64.1 Å². The molecule has 0 aliphatic heterocycles. The molecule has 6 rings (SSSR count). The summed E-state index contributed by atoms with van der Waals surface area (Å²) in [4.78, 5) is 45.9. The quantitative estimate of drug-likeness (QED) is 0.112. The number of nitrogens with zero attached hydrogens (tertiary/aromatic N) is 2. The monoisotopic (exact) mass is 804 g/mol. The van der Waals surface area contributed by atoms with Gasteiger partial charge in [-0.05, 0) is 127 Å². The molecule has 4 aromatic carbocycles. The van der Waals surface area contributed by atoms with Crippen molar-refractivity contribution in [2.24, 2.45) is 5.73 Å². The van der Waals surface area contributed by atoms with Crippen molar-refractivity contribution >= 4 is 17.7 Å². The Morgan fingerprint density at radius 1 is 0.576 bits per heavy atom. The third kappa shape index (κ3) is 13.5. The highest BCUT2D eigenvalue weighted by molar-refractivity contribution is 5.89. The van der Waals surface area contributed by atoms with E-state index in [4.69, 9.17) is 10.5 Å². The van der Waals surface area contributed by atoms with Crippen LogP contribution in [0.3, 0.4) is 0 Å². The van der Waals surface area contributed by atoms with Crippen LogP contribution in [0.15, 0.2) is 134 Å². The van der Waals surface area contributed by atoms with Crippen LogP contribution in [-0.4, -0.2) is 45.3 Å².